The van der Waals surface area contributed by atoms with Gasteiger partial charge in [-0.25, -0.2) is 4.79 Å². The number of carbonyl (C=O) groups excluding carboxylic acids is 2. The first-order valence-corrected chi connectivity index (χ1v) is 7.44. The molecular formula is C16H22N2O3. The van der Waals surface area contributed by atoms with Crippen LogP contribution in [0.1, 0.15) is 25.3 Å². The summed E-state index contributed by atoms with van der Waals surface area (Å²) in [5.41, 5.74) is 1.06. The second-order valence-electron chi connectivity index (χ2n) is 5.18. The van der Waals surface area contributed by atoms with Crippen LogP contribution < -0.4 is 5.32 Å². The Bertz CT molecular complexity index is 476. The van der Waals surface area contributed by atoms with Crippen LogP contribution in [0, 0.1) is 5.92 Å². The van der Waals surface area contributed by atoms with E-state index in [2.05, 4.69) is 5.32 Å². The first-order chi connectivity index (χ1) is 10.2. The molecule has 1 fully saturated rings. The molecule has 1 aliphatic heterocycles. The van der Waals surface area contributed by atoms with E-state index in [-0.39, 0.29) is 17.9 Å². The molecule has 114 valence electrons. The Morgan fingerprint density at radius 1 is 1.33 bits per heavy atom. The number of amides is 2. The van der Waals surface area contributed by atoms with E-state index >= 15 is 0 Å². The Hall–Kier alpha value is -2.04. The van der Waals surface area contributed by atoms with Crippen molar-refractivity contribution in [2.45, 2.75) is 26.3 Å². The summed E-state index contributed by atoms with van der Waals surface area (Å²) < 4.78 is 5.04. The molecule has 21 heavy (non-hydrogen) atoms. The molecule has 0 unspecified atom stereocenters. The van der Waals surface area contributed by atoms with Crippen molar-refractivity contribution in [3.63, 3.8) is 0 Å². The number of nitrogens with zero attached hydrogens (tertiary/aromatic N) is 1. The molecule has 0 radical (unpaired) electrons. The van der Waals surface area contributed by atoms with Crippen molar-refractivity contribution in [2.24, 2.45) is 5.92 Å². The second-order valence-corrected chi connectivity index (χ2v) is 5.18. The van der Waals surface area contributed by atoms with Gasteiger partial charge in [-0.05, 0) is 25.3 Å². The highest BCUT2D eigenvalue weighted by molar-refractivity contribution is 5.77. The standard InChI is InChI=1S/C16H22N2O3/c1-2-21-15(19)14-9-6-10-18(12-14)16(20)17-11-13-7-4-3-5-8-13/h3-5,7-8,14H,2,6,9-12H2,1H3,(H,17,20)/t14-/m1/s1. The molecule has 1 saturated heterocycles. The maximum atomic E-state index is 12.2. The van der Waals surface area contributed by atoms with Crippen molar-refractivity contribution >= 4 is 12.0 Å². The van der Waals surface area contributed by atoms with Gasteiger partial charge < -0.3 is 15.0 Å². The molecule has 0 aliphatic carbocycles. The van der Waals surface area contributed by atoms with Crippen molar-refractivity contribution in [1.82, 2.24) is 10.2 Å². The number of piperidine rings is 1. The van der Waals surface area contributed by atoms with Crippen molar-refractivity contribution in [3.05, 3.63) is 35.9 Å². The van der Waals surface area contributed by atoms with E-state index in [1.807, 2.05) is 30.3 Å². The highest BCUT2D eigenvalue weighted by Crippen LogP contribution is 2.18. The maximum Gasteiger partial charge on any atom is 0.317 e. The van der Waals surface area contributed by atoms with Crippen LogP contribution in [0.2, 0.25) is 0 Å². The number of likely N-dealkylation sites (tertiary alicyclic amines) is 1. The molecule has 0 saturated carbocycles. The minimum Gasteiger partial charge on any atom is -0.466 e. The number of esters is 1. The number of nitrogens with one attached hydrogen (secondary N) is 1. The summed E-state index contributed by atoms with van der Waals surface area (Å²) in [4.78, 5) is 25.6. The molecule has 1 N–H and O–H groups in total. The molecule has 2 amide bonds. The Morgan fingerprint density at radius 2 is 2.10 bits per heavy atom. The molecule has 5 nitrogen and oxygen atoms in total. The summed E-state index contributed by atoms with van der Waals surface area (Å²) in [6.07, 6.45) is 1.63. The van der Waals surface area contributed by atoms with Crippen LogP contribution in [0.15, 0.2) is 30.3 Å². The highest BCUT2D eigenvalue weighted by Gasteiger charge is 2.29. The zero-order valence-corrected chi connectivity index (χ0v) is 12.4. The highest BCUT2D eigenvalue weighted by atomic mass is 16.5. The summed E-state index contributed by atoms with van der Waals surface area (Å²) in [5, 5.41) is 2.90. The van der Waals surface area contributed by atoms with Gasteiger partial charge in [0.1, 0.15) is 0 Å². The zero-order chi connectivity index (χ0) is 15.1. The van der Waals surface area contributed by atoms with Gasteiger partial charge in [-0.1, -0.05) is 30.3 Å². The third-order valence-electron chi connectivity index (χ3n) is 3.62. The number of hydrogen-bond donors (Lipinski definition) is 1. The summed E-state index contributed by atoms with van der Waals surface area (Å²) in [6.45, 7) is 3.82. The minimum absolute atomic E-state index is 0.118. The fourth-order valence-electron chi connectivity index (χ4n) is 2.50. The fraction of sp³-hybridized carbons (Fsp3) is 0.500. The smallest absolute Gasteiger partial charge is 0.317 e. The quantitative estimate of drug-likeness (QED) is 0.865. The molecule has 1 heterocycles. The van der Waals surface area contributed by atoms with Gasteiger partial charge in [0.25, 0.3) is 0 Å². The monoisotopic (exact) mass is 290 g/mol. The summed E-state index contributed by atoms with van der Waals surface area (Å²) in [7, 11) is 0. The van der Waals surface area contributed by atoms with Crippen molar-refractivity contribution < 1.29 is 14.3 Å². The topological polar surface area (TPSA) is 58.6 Å². The van der Waals surface area contributed by atoms with E-state index in [9.17, 15) is 9.59 Å². The van der Waals surface area contributed by atoms with Crippen LogP contribution in [-0.4, -0.2) is 36.6 Å². The van der Waals surface area contributed by atoms with E-state index in [0.717, 1.165) is 18.4 Å². The van der Waals surface area contributed by atoms with Gasteiger partial charge in [0.2, 0.25) is 0 Å². The minimum atomic E-state index is -0.196. The van der Waals surface area contributed by atoms with E-state index in [4.69, 9.17) is 4.74 Å². The first-order valence-electron chi connectivity index (χ1n) is 7.44. The van der Waals surface area contributed by atoms with Crippen LogP contribution in [0.5, 0.6) is 0 Å². The van der Waals surface area contributed by atoms with E-state index < -0.39 is 0 Å². The Labute approximate surface area is 125 Å². The lowest BCUT2D eigenvalue weighted by molar-refractivity contribution is -0.149. The van der Waals surface area contributed by atoms with Crippen LogP contribution in [0.3, 0.4) is 0 Å². The van der Waals surface area contributed by atoms with E-state index in [0.29, 0.717) is 26.2 Å². The summed E-state index contributed by atoms with van der Waals surface area (Å²) >= 11 is 0. The second kappa shape index (κ2) is 7.67. The Morgan fingerprint density at radius 3 is 2.81 bits per heavy atom. The molecule has 5 heteroatoms. The number of ether oxygens (including phenoxy) is 1. The molecule has 1 aliphatic rings. The Balaban J connectivity index is 1.83. The molecule has 2 rings (SSSR count). The average molecular weight is 290 g/mol. The van der Waals surface area contributed by atoms with E-state index in [1.165, 1.54) is 0 Å². The summed E-state index contributed by atoms with van der Waals surface area (Å²) in [6, 6.07) is 9.65. The molecule has 0 bridgehead atoms. The van der Waals surface area contributed by atoms with E-state index in [1.54, 1.807) is 11.8 Å². The maximum absolute atomic E-state index is 12.2. The Kier molecular flexibility index (Phi) is 5.60. The lowest BCUT2D eigenvalue weighted by Crippen LogP contribution is -2.47. The van der Waals surface area contributed by atoms with Gasteiger partial charge in [0.15, 0.2) is 0 Å². The summed E-state index contributed by atoms with van der Waals surface area (Å²) in [5.74, 6) is -0.390. The van der Waals surface area contributed by atoms with Gasteiger partial charge in [0.05, 0.1) is 12.5 Å². The van der Waals surface area contributed by atoms with Crippen molar-refractivity contribution in [1.29, 1.82) is 0 Å². The SMILES string of the molecule is CCOC(=O)[C@@H]1CCCN(C(=O)NCc2ccccc2)C1. The molecule has 1 aromatic carbocycles. The molecule has 1 atom stereocenters. The van der Waals surface area contributed by atoms with Crippen LogP contribution in [0.4, 0.5) is 4.79 Å². The van der Waals surface area contributed by atoms with Crippen LogP contribution >= 0.6 is 0 Å². The first kappa shape index (κ1) is 15.4. The number of carbonyl (C=O) groups is 2. The zero-order valence-electron chi connectivity index (χ0n) is 12.4. The largest absolute Gasteiger partial charge is 0.466 e. The number of urea groups is 1. The van der Waals surface area contributed by atoms with Gasteiger partial charge in [0, 0.05) is 19.6 Å². The van der Waals surface area contributed by atoms with Crippen molar-refractivity contribution in [3.8, 4) is 0 Å². The van der Waals surface area contributed by atoms with Gasteiger partial charge >= 0.3 is 12.0 Å². The molecular weight excluding hydrogens is 268 g/mol. The predicted octanol–water partition coefficient (Wildman–Crippen LogP) is 2.17. The number of rotatable bonds is 4. The lowest BCUT2D eigenvalue weighted by Gasteiger charge is -2.31. The number of benzene rings is 1. The average Bonchev–Trinajstić information content (AvgIpc) is 2.54. The lowest BCUT2D eigenvalue weighted by atomic mass is 9.98. The van der Waals surface area contributed by atoms with Crippen molar-refractivity contribution in [2.75, 3.05) is 19.7 Å². The van der Waals surface area contributed by atoms with Gasteiger partial charge in [-0.3, -0.25) is 4.79 Å². The third kappa shape index (κ3) is 4.48. The molecule has 1 aromatic rings. The molecule has 0 spiro atoms. The van der Waals surface area contributed by atoms with Crippen LogP contribution in [-0.2, 0) is 16.1 Å². The van der Waals surface area contributed by atoms with Crippen LogP contribution in [0.25, 0.3) is 0 Å². The third-order valence-corrected chi connectivity index (χ3v) is 3.62. The van der Waals surface area contributed by atoms with Gasteiger partial charge in [-0.2, -0.15) is 0 Å². The number of hydrogen-bond acceptors (Lipinski definition) is 3. The van der Waals surface area contributed by atoms with Gasteiger partial charge in [-0.15, -0.1) is 0 Å². The predicted molar refractivity (Wildman–Crippen MR) is 79.6 cm³/mol. The normalized spacial score (nSPS) is 18.1. The fourth-order valence-corrected chi connectivity index (χ4v) is 2.50. The molecule has 0 aromatic heterocycles.